The molecule has 0 aliphatic heterocycles. The Kier molecular flexibility index (Phi) is 6.07. The molecular formula is C19H27N3O2S2. The summed E-state index contributed by atoms with van der Waals surface area (Å²) in [6, 6.07) is 0.380. The molecule has 5 nitrogen and oxygen atoms in total. The number of carbonyl (C=O) groups is 1. The predicted octanol–water partition coefficient (Wildman–Crippen LogP) is 4.01. The van der Waals surface area contributed by atoms with Crippen molar-refractivity contribution in [1.82, 2.24) is 14.9 Å². The number of hydrogen-bond acceptors (Lipinski definition) is 5. The molecule has 3 rings (SSSR count). The molecule has 2 heterocycles. The third kappa shape index (κ3) is 3.98. The Labute approximate surface area is 162 Å². The van der Waals surface area contributed by atoms with Gasteiger partial charge in [-0.3, -0.25) is 9.59 Å². The maximum absolute atomic E-state index is 12.7. The minimum absolute atomic E-state index is 0.0780. The van der Waals surface area contributed by atoms with Crippen LogP contribution in [-0.2, 0) is 10.5 Å². The number of H-pyrrole nitrogens is 1. The van der Waals surface area contributed by atoms with Gasteiger partial charge >= 0.3 is 0 Å². The largest absolute Gasteiger partial charge is 0.342 e. The molecule has 0 aromatic carbocycles. The number of carbonyl (C=O) groups excluding carboxylic acids is 1. The lowest BCUT2D eigenvalue weighted by atomic mass is 9.94. The van der Waals surface area contributed by atoms with E-state index in [9.17, 15) is 9.59 Å². The van der Waals surface area contributed by atoms with Crippen molar-refractivity contribution in [3.8, 4) is 0 Å². The molecule has 1 unspecified atom stereocenters. The number of amides is 1. The summed E-state index contributed by atoms with van der Waals surface area (Å²) >= 11 is 3.09. The molecule has 2 aromatic heterocycles. The van der Waals surface area contributed by atoms with Crippen LogP contribution in [0.2, 0.25) is 0 Å². The van der Waals surface area contributed by atoms with Crippen molar-refractivity contribution in [2.24, 2.45) is 0 Å². The van der Waals surface area contributed by atoms with E-state index in [1.54, 1.807) is 11.3 Å². The zero-order valence-corrected chi connectivity index (χ0v) is 17.6. The highest BCUT2D eigenvalue weighted by molar-refractivity contribution is 7.99. The second-order valence-corrected chi connectivity index (χ2v) is 9.70. The van der Waals surface area contributed by atoms with Crippen molar-refractivity contribution in [3.05, 3.63) is 26.6 Å². The second-order valence-electron chi connectivity index (χ2n) is 7.17. The lowest BCUT2D eigenvalue weighted by Crippen LogP contribution is -2.42. The third-order valence-corrected chi connectivity index (χ3v) is 7.62. The number of hydrogen-bond donors (Lipinski definition) is 1. The monoisotopic (exact) mass is 393 g/mol. The Morgan fingerprint density at radius 3 is 2.73 bits per heavy atom. The van der Waals surface area contributed by atoms with E-state index in [2.05, 4.69) is 9.97 Å². The number of aromatic nitrogens is 2. The number of aryl methyl sites for hydroxylation is 2. The van der Waals surface area contributed by atoms with Gasteiger partial charge < -0.3 is 9.88 Å². The zero-order chi connectivity index (χ0) is 18.8. The van der Waals surface area contributed by atoms with Gasteiger partial charge in [-0.25, -0.2) is 4.98 Å². The van der Waals surface area contributed by atoms with Gasteiger partial charge in [0.05, 0.1) is 16.4 Å². The number of rotatable bonds is 5. The summed E-state index contributed by atoms with van der Waals surface area (Å²) in [6.45, 7) is 5.92. The van der Waals surface area contributed by atoms with Crippen molar-refractivity contribution in [1.29, 1.82) is 0 Å². The Morgan fingerprint density at radius 1 is 1.35 bits per heavy atom. The Bertz CT molecular complexity index is 852. The lowest BCUT2D eigenvalue weighted by molar-refractivity contribution is -0.131. The van der Waals surface area contributed by atoms with Gasteiger partial charge in [0.15, 0.2) is 0 Å². The molecular weight excluding hydrogens is 366 g/mol. The lowest BCUT2D eigenvalue weighted by Gasteiger charge is -2.32. The van der Waals surface area contributed by atoms with Crippen LogP contribution in [0.5, 0.6) is 0 Å². The molecule has 1 amide bonds. The minimum Gasteiger partial charge on any atom is -0.342 e. The number of fused-ring (bicyclic) bond motifs is 1. The number of thioether (sulfide) groups is 1. The first-order chi connectivity index (χ1) is 12.4. The van der Waals surface area contributed by atoms with E-state index in [0.717, 1.165) is 28.1 Å². The van der Waals surface area contributed by atoms with Gasteiger partial charge in [0.1, 0.15) is 10.7 Å². The summed E-state index contributed by atoms with van der Waals surface area (Å²) in [5.41, 5.74) is 0.932. The number of aromatic amines is 1. The van der Waals surface area contributed by atoms with Gasteiger partial charge in [-0.1, -0.05) is 19.3 Å². The average molecular weight is 394 g/mol. The van der Waals surface area contributed by atoms with E-state index in [1.807, 2.05) is 32.7 Å². The Hall–Kier alpha value is -1.34. The first-order valence-electron chi connectivity index (χ1n) is 9.25. The summed E-state index contributed by atoms with van der Waals surface area (Å²) < 4.78 is 0. The molecule has 1 N–H and O–H groups in total. The molecule has 2 aromatic rings. The van der Waals surface area contributed by atoms with Crippen LogP contribution in [0.25, 0.3) is 10.2 Å². The maximum Gasteiger partial charge on any atom is 0.259 e. The molecule has 1 fully saturated rings. The highest BCUT2D eigenvalue weighted by Crippen LogP contribution is 2.27. The van der Waals surface area contributed by atoms with E-state index in [1.165, 1.54) is 31.0 Å². The molecule has 1 aliphatic rings. The van der Waals surface area contributed by atoms with Crippen molar-refractivity contribution >= 4 is 39.2 Å². The van der Waals surface area contributed by atoms with E-state index >= 15 is 0 Å². The van der Waals surface area contributed by atoms with Gasteiger partial charge in [0.25, 0.3) is 5.56 Å². The zero-order valence-electron chi connectivity index (χ0n) is 15.9. The molecule has 0 saturated heterocycles. The van der Waals surface area contributed by atoms with Gasteiger partial charge in [-0.15, -0.1) is 23.1 Å². The van der Waals surface area contributed by atoms with Crippen molar-refractivity contribution in [3.63, 3.8) is 0 Å². The van der Waals surface area contributed by atoms with Crippen LogP contribution in [0.3, 0.4) is 0 Å². The molecule has 1 saturated carbocycles. The van der Waals surface area contributed by atoms with Gasteiger partial charge in [0, 0.05) is 18.0 Å². The first-order valence-corrected chi connectivity index (χ1v) is 11.1. The number of nitrogens with zero attached hydrogens (tertiary/aromatic N) is 2. The SMILES string of the molecule is Cc1sc2nc(CSC(C)C(=O)N(C)C3CCCCC3)[nH]c(=O)c2c1C. The van der Waals surface area contributed by atoms with Crippen LogP contribution >= 0.6 is 23.1 Å². The summed E-state index contributed by atoms with van der Waals surface area (Å²) in [5, 5.41) is 0.553. The van der Waals surface area contributed by atoms with E-state index in [0.29, 0.717) is 23.0 Å². The summed E-state index contributed by atoms with van der Waals surface area (Å²) in [6.07, 6.45) is 5.94. The average Bonchev–Trinajstić information content (AvgIpc) is 2.93. The Morgan fingerprint density at radius 2 is 2.04 bits per heavy atom. The van der Waals surface area contributed by atoms with Gasteiger partial charge in [0.2, 0.25) is 5.91 Å². The van der Waals surface area contributed by atoms with Gasteiger partial charge in [-0.05, 0) is 39.2 Å². The van der Waals surface area contributed by atoms with E-state index < -0.39 is 0 Å². The third-order valence-electron chi connectivity index (χ3n) is 5.38. The van der Waals surface area contributed by atoms with Crippen LogP contribution in [0.4, 0.5) is 0 Å². The second kappa shape index (κ2) is 8.13. The normalized spacial score (nSPS) is 16.8. The van der Waals surface area contributed by atoms with Crippen LogP contribution in [0.15, 0.2) is 4.79 Å². The molecule has 1 aliphatic carbocycles. The van der Waals surface area contributed by atoms with Crippen LogP contribution in [0, 0.1) is 13.8 Å². The fraction of sp³-hybridized carbons (Fsp3) is 0.632. The van der Waals surface area contributed by atoms with Crippen LogP contribution in [0.1, 0.15) is 55.3 Å². The quantitative estimate of drug-likeness (QED) is 0.833. The maximum atomic E-state index is 12.7. The molecule has 0 bridgehead atoms. The van der Waals surface area contributed by atoms with E-state index in [-0.39, 0.29) is 16.7 Å². The molecule has 0 spiro atoms. The standard InChI is InChI=1S/C19H27N3O2S2/c1-11-12(2)26-18-16(11)17(23)20-15(21-18)10-25-13(3)19(24)22(4)14-8-6-5-7-9-14/h13-14H,5-10H2,1-4H3,(H,20,21,23). The van der Waals surface area contributed by atoms with Crippen molar-refractivity contribution in [2.75, 3.05) is 7.05 Å². The minimum atomic E-state index is -0.144. The molecule has 0 radical (unpaired) electrons. The van der Waals surface area contributed by atoms with Crippen molar-refractivity contribution in [2.45, 2.75) is 69.9 Å². The summed E-state index contributed by atoms with van der Waals surface area (Å²) in [4.78, 5) is 36.4. The molecule has 142 valence electrons. The molecule has 26 heavy (non-hydrogen) atoms. The highest BCUT2D eigenvalue weighted by Gasteiger charge is 2.26. The van der Waals surface area contributed by atoms with E-state index in [4.69, 9.17) is 0 Å². The number of nitrogens with one attached hydrogen (secondary N) is 1. The Balaban J connectivity index is 1.65. The van der Waals surface area contributed by atoms with Gasteiger partial charge in [-0.2, -0.15) is 0 Å². The summed E-state index contributed by atoms with van der Waals surface area (Å²) in [5.74, 6) is 1.36. The topological polar surface area (TPSA) is 66.1 Å². The summed E-state index contributed by atoms with van der Waals surface area (Å²) in [7, 11) is 1.93. The van der Waals surface area contributed by atoms with Crippen molar-refractivity contribution < 1.29 is 4.79 Å². The molecule has 1 atom stereocenters. The fourth-order valence-corrected chi connectivity index (χ4v) is 5.48. The molecule has 7 heteroatoms. The van der Waals surface area contributed by atoms with Crippen LogP contribution in [-0.4, -0.2) is 39.1 Å². The predicted molar refractivity (Wildman–Crippen MR) is 110 cm³/mol. The first kappa shape index (κ1) is 19.4. The number of thiophene rings is 1. The highest BCUT2D eigenvalue weighted by atomic mass is 32.2. The smallest absolute Gasteiger partial charge is 0.259 e. The van der Waals surface area contributed by atoms with Crippen LogP contribution < -0.4 is 5.56 Å². The fourth-order valence-electron chi connectivity index (χ4n) is 3.58.